The van der Waals surface area contributed by atoms with Gasteiger partial charge in [-0.1, -0.05) is 0 Å². The van der Waals surface area contributed by atoms with Crippen molar-refractivity contribution < 1.29 is 82.5 Å². The van der Waals surface area contributed by atoms with Gasteiger partial charge in [0.2, 0.25) is 0 Å². The van der Waals surface area contributed by atoms with Gasteiger partial charge in [-0.2, -0.15) is 0 Å². The van der Waals surface area contributed by atoms with Gasteiger partial charge in [0, 0.05) is 0 Å². The van der Waals surface area contributed by atoms with Gasteiger partial charge < -0.3 is 16.7 Å². The molecule has 0 aromatic carbocycles. The quantitative estimate of drug-likeness (QED) is 0.396. The smallest absolute Gasteiger partial charge is 1.00 e. The maximum absolute atomic E-state index is 10.1. The van der Waals surface area contributed by atoms with Crippen molar-refractivity contribution in [2.45, 2.75) is 0 Å². The van der Waals surface area contributed by atoms with E-state index in [1.165, 1.54) is 0 Å². The van der Waals surface area contributed by atoms with Crippen molar-refractivity contribution in [2.75, 3.05) is 19.6 Å². The normalized spacial score (nSPS) is 9.21. The number of hydrogen-bond acceptors (Lipinski definition) is 4. The van der Waals surface area contributed by atoms with Crippen molar-refractivity contribution in [3.05, 3.63) is 0 Å². The average molecular weight is 231 g/mol. The Morgan fingerprint density at radius 2 is 1.07 bits per heavy atom. The van der Waals surface area contributed by atoms with Crippen LogP contribution in [-0.2, 0) is 14.4 Å². The number of nitrogens with zero attached hydrogens (tertiary/aromatic N) is 1. The minimum Gasteiger partial charge on any atom is -1.00 e. The number of carboxylic acids is 3. The van der Waals surface area contributed by atoms with Gasteiger partial charge in [-0.15, -0.1) is 0 Å². The molecule has 0 unspecified atom stereocenters. The van der Waals surface area contributed by atoms with E-state index in [1.807, 2.05) is 0 Å². The van der Waals surface area contributed by atoms with Crippen LogP contribution in [0.1, 0.15) is 1.43 Å². The summed E-state index contributed by atoms with van der Waals surface area (Å²) < 4.78 is 0. The first-order valence-corrected chi connectivity index (χ1v) is 3.29. The first-order valence-electron chi connectivity index (χ1n) is 3.29. The van der Waals surface area contributed by atoms with Gasteiger partial charge in [0.1, 0.15) is 0 Å². The minimum atomic E-state index is -1.26. The SMILES string of the molecule is O=C(O)CN(CC(=O)O)CC(=O)O.[H-].[K+]. The first-order chi connectivity index (χ1) is 5.91. The van der Waals surface area contributed by atoms with Crippen molar-refractivity contribution >= 4 is 17.9 Å². The van der Waals surface area contributed by atoms with E-state index in [1.54, 1.807) is 0 Å². The third kappa shape index (κ3) is 10.1. The summed E-state index contributed by atoms with van der Waals surface area (Å²) in [6, 6.07) is 0. The monoisotopic (exact) mass is 231 g/mol. The van der Waals surface area contributed by atoms with Crippen molar-refractivity contribution in [1.29, 1.82) is 0 Å². The van der Waals surface area contributed by atoms with Crippen LogP contribution in [0, 0.1) is 0 Å². The Morgan fingerprint density at radius 1 is 0.857 bits per heavy atom. The Balaban J connectivity index is -0.000000720. The molecule has 8 heteroatoms. The fourth-order valence-electron chi connectivity index (χ4n) is 0.742. The zero-order valence-corrected chi connectivity index (χ0v) is 10.8. The summed E-state index contributed by atoms with van der Waals surface area (Å²) in [5.74, 6) is -3.78. The van der Waals surface area contributed by atoms with Gasteiger partial charge in [0.15, 0.2) is 0 Å². The fourth-order valence-corrected chi connectivity index (χ4v) is 0.742. The molecule has 0 bridgehead atoms. The van der Waals surface area contributed by atoms with E-state index in [-0.39, 0.29) is 52.8 Å². The van der Waals surface area contributed by atoms with Gasteiger partial charge >= 0.3 is 69.3 Å². The summed E-state index contributed by atoms with van der Waals surface area (Å²) in [5.41, 5.74) is 0. The maximum atomic E-state index is 10.1. The molecule has 0 aromatic heterocycles. The molecule has 76 valence electrons. The predicted octanol–water partition coefficient (Wildman–Crippen LogP) is -4.34. The van der Waals surface area contributed by atoms with Crippen molar-refractivity contribution in [3.8, 4) is 0 Å². The summed E-state index contributed by atoms with van der Waals surface area (Å²) in [6.07, 6.45) is 0. The fraction of sp³-hybridized carbons (Fsp3) is 0.500. The standard InChI is InChI=1S/C6H9NO6.K.H/c8-4(9)1-7(2-5(10)11)3-6(12)13;;/h1-3H2,(H,8,9)(H,10,11)(H,12,13);;/q;+1;-1. The van der Waals surface area contributed by atoms with Crippen LogP contribution in [0.4, 0.5) is 0 Å². The molecule has 0 aliphatic rings. The van der Waals surface area contributed by atoms with Crippen LogP contribution in [-0.4, -0.2) is 57.8 Å². The molecule has 0 fully saturated rings. The molecule has 0 amide bonds. The zero-order chi connectivity index (χ0) is 10.4. The number of rotatable bonds is 6. The Labute approximate surface area is 124 Å². The topological polar surface area (TPSA) is 115 Å². The number of carbonyl (C=O) groups is 3. The van der Waals surface area contributed by atoms with E-state index in [9.17, 15) is 14.4 Å². The number of carboxylic acid groups (broad SMARTS) is 3. The second-order valence-corrected chi connectivity index (χ2v) is 2.33. The van der Waals surface area contributed by atoms with Crippen LogP contribution >= 0.6 is 0 Å². The molecule has 0 aliphatic carbocycles. The van der Waals surface area contributed by atoms with Gasteiger partial charge in [-0.05, 0) is 0 Å². The van der Waals surface area contributed by atoms with E-state index in [0.717, 1.165) is 4.90 Å². The molecular formula is C6H10KNO6. The van der Waals surface area contributed by atoms with E-state index < -0.39 is 37.5 Å². The molecule has 0 radical (unpaired) electrons. The summed E-state index contributed by atoms with van der Waals surface area (Å²) in [5, 5.41) is 24.8. The Morgan fingerprint density at radius 3 is 1.21 bits per heavy atom. The summed E-state index contributed by atoms with van der Waals surface area (Å²) in [7, 11) is 0. The summed E-state index contributed by atoms with van der Waals surface area (Å²) >= 11 is 0. The van der Waals surface area contributed by atoms with Crippen LogP contribution in [0.5, 0.6) is 0 Å². The number of hydrogen-bond donors (Lipinski definition) is 3. The third-order valence-corrected chi connectivity index (χ3v) is 1.08. The minimum absolute atomic E-state index is 0. The molecule has 0 spiro atoms. The van der Waals surface area contributed by atoms with Crippen LogP contribution in [0.3, 0.4) is 0 Å². The molecule has 3 N–H and O–H groups in total. The molecule has 0 aliphatic heterocycles. The predicted molar refractivity (Wildman–Crippen MR) is 40.5 cm³/mol. The maximum Gasteiger partial charge on any atom is 1.00 e. The van der Waals surface area contributed by atoms with Crippen molar-refractivity contribution in [1.82, 2.24) is 4.90 Å². The van der Waals surface area contributed by atoms with E-state index in [0.29, 0.717) is 0 Å². The molecule has 0 saturated carbocycles. The second kappa shape index (κ2) is 8.33. The molecule has 0 saturated heterocycles. The van der Waals surface area contributed by atoms with Crippen molar-refractivity contribution in [3.63, 3.8) is 0 Å². The first kappa shape index (κ1) is 16.4. The molecule has 0 atom stereocenters. The second-order valence-electron chi connectivity index (χ2n) is 2.33. The molecule has 0 heterocycles. The van der Waals surface area contributed by atoms with E-state index in [4.69, 9.17) is 15.3 Å². The molecular weight excluding hydrogens is 221 g/mol. The van der Waals surface area contributed by atoms with Crippen LogP contribution in [0.2, 0.25) is 0 Å². The molecule has 0 rings (SSSR count). The Hall–Kier alpha value is 0.00636. The molecule has 14 heavy (non-hydrogen) atoms. The van der Waals surface area contributed by atoms with Gasteiger partial charge in [0.05, 0.1) is 19.6 Å². The summed E-state index contributed by atoms with van der Waals surface area (Å²) in [6.45, 7) is -1.80. The third-order valence-electron chi connectivity index (χ3n) is 1.08. The zero-order valence-electron chi connectivity index (χ0n) is 8.63. The average Bonchev–Trinajstić information content (AvgIpc) is 1.80. The largest absolute Gasteiger partial charge is 1.00 e. The van der Waals surface area contributed by atoms with Crippen LogP contribution in [0.15, 0.2) is 0 Å². The summed E-state index contributed by atoms with van der Waals surface area (Å²) in [4.78, 5) is 31.2. The Kier molecular flexibility index (Phi) is 9.77. The molecule has 0 aromatic rings. The van der Waals surface area contributed by atoms with Crippen LogP contribution < -0.4 is 51.4 Å². The van der Waals surface area contributed by atoms with E-state index >= 15 is 0 Å². The van der Waals surface area contributed by atoms with Crippen LogP contribution in [0.25, 0.3) is 0 Å². The van der Waals surface area contributed by atoms with E-state index in [2.05, 4.69) is 0 Å². The van der Waals surface area contributed by atoms with Gasteiger partial charge in [0.25, 0.3) is 0 Å². The number of aliphatic carboxylic acids is 3. The Bertz CT molecular complexity index is 198. The molecule has 7 nitrogen and oxygen atoms in total. The van der Waals surface area contributed by atoms with Gasteiger partial charge in [-0.3, -0.25) is 19.3 Å². The van der Waals surface area contributed by atoms with Crippen molar-refractivity contribution in [2.24, 2.45) is 0 Å². The van der Waals surface area contributed by atoms with Gasteiger partial charge in [-0.25, -0.2) is 0 Å².